The summed E-state index contributed by atoms with van der Waals surface area (Å²) in [6.07, 6.45) is -3.90. The Hall–Kier alpha value is -3.40. The molecule has 1 N–H and O–H groups in total. The first-order valence-corrected chi connectivity index (χ1v) is 9.92. The summed E-state index contributed by atoms with van der Waals surface area (Å²) in [5, 5.41) is 0. The summed E-state index contributed by atoms with van der Waals surface area (Å²) in [6, 6.07) is 8.07. The Morgan fingerprint density at radius 2 is 1.91 bits per heavy atom. The summed E-state index contributed by atoms with van der Waals surface area (Å²) in [7, 11) is 0. The van der Waals surface area contributed by atoms with E-state index in [-0.39, 0.29) is 18.0 Å². The van der Waals surface area contributed by atoms with Crippen LogP contribution in [0.3, 0.4) is 0 Å². The van der Waals surface area contributed by atoms with Crippen LogP contribution in [-0.4, -0.2) is 27.4 Å². The predicted octanol–water partition coefficient (Wildman–Crippen LogP) is 3.67. The summed E-state index contributed by atoms with van der Waals surface area (Å²) in [4.78, 5) is 32.8. The number of carbonyl (C=O) groups excluding carboxylic acids is 1. The second-order valence-corrected chi connectivity index (χ2v) is 7.52. The van der Waals surface area contributed by atoms with Crippen LogP contribution < -0.4 is 5.56 Å². The van der Waals surface area contributed by atoms with Crippen LogP contribution in [0.4, 0.5) is 13.2 Å². The van der Waals surface area contributed by atoms with Gasteiger partial charge in [0.15, 0.2) is 0 Å². The summed E-state index contributed by atoms with van der Waals surface area (Å²) in [6.45, 7) is 2.86. The Morgan fingerprint density at radius 1 is 1.19 bits per heavy atom. The standard InChI is InChI=1S/C22H20F3N3O4/c1-13(29)31-12-17-7-6-16(32-17)10-28-9-8-19-18(11-28)21(30)27-20(26-19)14-2-4-15(5-3-14)22(23,24)25/h2-7H,8-12H2,1H3,(H,26,27,30). The summed E-state index contributed by atoms with van der Waals surface area (Å²) in [5.41, 5.74) is 0.500. The first-order valence-electron chi connectivity index (χ1n) is 9.92. The molecule has 0 saturated carbocycles. The zero-order valence-corrected chi connectivity index (χ0v) is 17.2. The number of ether oxygens (including phenoxy) is 1. The highest BCUT2D eigenvalue weighted by atomic mass is 19.4. The lowest BCUT2D eigenvalue weighted by atomic mass is 10.1. The number of aromatic nitrogens is 2. The van der Waals surface area contributed by atoms with Gasteiger partial charge in [-0.2, -0.15) is 13.2 Å². The third kappa shape index (κ3) is 4.91. The van der Waals surface area contributed by atoms with Crippen molar-refractivity contribution in [1.82, 2.24) is 14.9 Å². The minimum atomic E-state index is -4.42. The number of carbonyl (C=O) groups is 1. The fourth-order valence-corrected chi connectivity index (χ4v) is 3.55. The largest absolute Gasteiger partial charge is 0.461 e. The predicted molar refractivity (Wildman–Crippen MR) is 107 cm³/mol. The number of esters is 1. The molecule has 168 valence electrons. The molecule has 0 aliphatic carbocycles. The van der Waals surface area contributed by atoms with Crippen molar-refractivity contribution in [3.05, 3.63) is 75.1 Å². The van der Waals surface area contributed by atoms with Crippen LogP contribution in [0, 0.1) is 0 Å². The van der Waals surface area contributed by atoms with Crippen LogP contribution in [-0.2, 0) is 41.8 Å². The molecule has 7 nitrogen and oxygen atoms in total. The smallest absolute Gasteiger partial charge is 0.416 e. The van der Waals surface area contributed by atoms with E-state index in [1.165, 1.54) is 19.1 Å². The zero-order valence-electron chi connectivity index (χ0n) is 17.2. The van der Waals surface area contributed by atoms with Crippen LogP contribution in [0.5, 0.6) is 0 Å². The van der Waals surface area contributed by atoms with E-state index in [9.17, 15) is 22.8 Å². The average molecular weight is 447 g/mol. The molecule has 10 heteroatoms. The molecule has 32 heavy (non-hydrogen) atoms. The van der Waals surface area contributed by atoms with Gasteiger partial charge in [0, 0.05) is 32.0 Å². The Labute approximate surface area is 180 Å². The molecule has 0 amide bonds. The molecule has 4 rings (SSSR count). The molecule has 2 aromatic heterocycles. The molecule has 3 aromatic rings. The number of rotatable bonds is 5. The molecule has 0 atom stereocenters. The molecule has 0 unspecified atom stereocenters. The second-order valence-electron chi connectivity index (χ2n) is 7.52. The van der Waals surface area contributed by atoms with E-state index in [1.54, 1.807) is 12.1 Å². The minimum Gasteiger partial charge on any atom is -0.461 e. The molecule has 0 bridgehead atoms. The molecule has 0 radical (unpaired) electrons. The van der Waals surface area contributed by atoms with Crippen molar-refractivity contribution in [3.63, 3.8) is 0 Å². The number of alkyl halides is 3. The number of hydrogen-bond acceptors (Lipinski definition) is 6. The number of aromatic amines is 1. The highest BCUT2D eigenvalue weighted by Crippen LogP contribution is 2.30. The number of nitrogens with zero attached hydrogens (tertiary/aromatic N) is 2. The molecular weight excluding hydrogens is 427 g/mol. The zero-order chi connectivity index (χ0) is 22.9. The van der Waals surface area contributed by atoms with Crippen molar-refractivity contribution < 1.29 is 27.1 Å². The second kappa shape index (κ2) is 8.62. The number of halogens is 3. The highest BCUT2D eigenvalue weighted by molar-refractivity contribution is 5.65. The maximum Gasteiger partial charge on any atom is 0.416 e. The van der Waals surface area contributed by atoms with Crippen LogP contribution in [0.2, 0.25) is 0 Å². The topological polar surface area (TPSA) is 88.4 Å². The number of benzene rings is 1. The lowest BCUT2D eigenvalue weighted by Gasteiger charge is -2.26. The fourth-order valence-electron chi connectivity index (χ4n) is 3.55. The summed E-state index contributed by atoms with van der Waals surface area (Å²) < 4.78 is 48.9. The van der Waals surface area contributed by atoms with Gasteiger partial charge in [0.25, 0.3) is 5.56 Å². The van der Waals surface area contributed by atoms with Crippen molar-refractivity contribution >= 4 is 5.97 Å². The van der Waals surface area contributed by atoms with E-state index in [1.807, 2.05) is 4.90 Å². The molecule has 0 fully saturated rings. The maximum atomic E-state index is 12.8. The Kier molecular flexibility index (Phi) is 5.88. The van der Waals surface area contributed by atoms with E-state index in [0.29, 0.717) is 54.4 Å². The highest BCUT2D eigenvalue weighted by Gasteiger charge is 2.30. The number of hydrogen-bond donors (Lipinski definition) is 1. The number of fused-ring (bicyclic) bond motifs is 1. The number of H-pyrrole nitrogens is 1. The van der Waals surface area contributed by atoms with Crippen LogP contribution >= 0.6 is 0 Å². The van der Waals surface area contributed by atoms with Crippen LogP contribution in [0.25, 0.3) is 11.4 Å². The lowest BCUT2D eigenvalue weighted by Crippen LogP contribution is -2.35. The summed E-state index contributed by atoms with van der Waals surface area (Å²) in [5.74, 6) is 1.07. The van der Waals surface area contributed by atoms with Crippen molar-refractivity contribution in [3.8, 4) is 11.4 Å². The van der Waals surface area contributed by atoms with Gasteiger partial charge in [-0.3, -0.25) is 14.5 Å². The molecule has 1 aliphatic heterocycles. The van der Waals surface area contributed by atoms with Crippen molar-refractivity contribution in [1.29, 1.82) is 0 Å². The van der Waals surface area contributed by atoms with Crippen molar-refractivity contribution in [2.75, 3.05) is 6.54 Å². The molecular formula is C22H20F3N3O4. The van der Waals surface area contributed by atoms with Crippen molar-refractivity contribution in [2.24, 2.45) is 0 Å². The van der Waals surface area contributed by atoms with Gasteiger partial charge in [-0.15, -0.1) is 0 Å². The van der Waals surface area contributed by atoms with E-state index < -0.39 is 17.7 Å². The molecule has 1 aliphatic rings. The molecule has 3 heterocycles. The number of furan rings is 1. The Bertz CT molecular complexity index is 1180. The van der Waals surface area contributed by atoms with Gasteiger partial charge < -0.3 is 14.1 Å². The Balaban J connectivity index is 1.47. The van der Waals surface area contributed by atoms with Crippen molar-refractivity contribution in [2.45, 2.75) is 39.2 Å². The van der Waals surface area contributed by atoms with Crippen LogP contribution in [0.1, 0.15) is 35.3 Å². The van der Waals surface area contributed by atoms with Gasteiger partial charge in [-0.25, -0.2) is 4.98 Å². The van der Waals surface area contributed by atoms with E-state index in [4.69, 9.17) is 9.15 Å². The van der Waals surface area contributed by atoms with E-state index in [2.05, 4.69) is 9.97 Å². The first kappa shape index (κ1) is 21.8. The van der Waals surface area contributed by atoms with E-state index >= 15 is 0 Å². The Morgan fingerprint density at radius 3 is 2.59 bits per heavy atom. The number of nitrogens with one attached hydrogen (secondary N) is 1. The van der Waals surface area contributed by atoms with Gasteiger partial charge >= 0.3 is 12.1 Å². The van der Waals surface area contributed by atoms with Gasteiger partial charge in [0.05, 0.1) is 23.4 Å². The van der Waals surface area contributed by atoms with Gasteiger partial charge in [-0.05, 0) is 24.3 Å². The SMILES string of the molecule is CC(=O)OCc1ccc(CN2CCc3nc(-c4ccc(C(F)(F)F)cc4)[nH]c(=O)c3C2)o1. The molecule has 1 aromatic carbocycles. The average Bonchev–Trinajstić information content (AvgIpc) is 3.19. The normalized spacial score (nSPS) is 14.2. The van der Waals surface area contributed by atoms with Crippen LogP contribution in [0.15, 0.2) is 45.6 Å². The minimum absolute atomic E-state index is 0.0640. The summed E-state index contributed by atoms with van der Waals surface area (Å²) >= 11 is 0. The fraction of sp³-hybridized carbons (Fsp3) is 0.318. The quantitative estimate of drug-likeness (QED) is 0.601. The third-order valence-corrected chi connectivity index (χ3v) is 5.15. The third-order valence-electron chi connectivity index (χ3n) is 5.15. The molecule has 0 saturated heterocycles. The van der Waals surface area contributed by atoms with Gasteiger partial charge in [-0.1, -0.05) is 12.1 Å². The molecule has 0 spiro atoms. The van der Waals surface area contributed by atoms with Gasteiger partial charge in [0.1, 0.15) is 24.0 Å². The maximum absolute atomic E-state index is 12.8. The lowest BCUT2D eigenvalue weighted by molar-refractivity contribution is -0.142. The monoisotopic (exact) mass is 447 g/mol. The van der Waals surface area contributed by atoms with E-state index in [0.717, 1.165) is 12.1 Å². The van der Waals surface area contributed by atoms with Gasteiger partial charge in [0.2, 0.25) is 0 Å². The first-order chi connectivity index (χ1) is 15.2.